The minimum Gasteiger partial charge on any atom is -0.457 e. The van der Waals surface area contributed by atoms with E-state index in [2.05, 4.69) is 28.8 Å². The van der Waals surface area contributed by atoms with Gasteiger partial charge in [0.1, 0.15) is 28.6 Å². The lowest BCUT2D eigenvalue weighted by Gasteiger charge is -2.22. The van der Waals surface area contributed by atoms with E-state index in [1.165, 1.54) is 30.4 Å². The smallest absolute Gasteiger partial charge is 0.254 e. The molecule has 194 valence electrons. The van der Waals surface area contributed by atoms with E-state index in [0.717, 1.165) is 48.8 Å². The summed E-state index contributed by atoms with van der Waals surface area (Å²) in [5, 5.41) is 11.8. The van der Waals surface area contributed by atoms with E-state index in [-0.39, 0.29) is 0 Å². The summed E-state index contributed by atoms with van der Waals surface area (Å²) in [5.41, 5.74) is 11.3. The first-order valence-corrected chi connectivity index (χ1v) is 13.5. The number of para-hydroxylation sites is 1. The summed E-state index contributed by atoms with van der Waals surface area (Å²) in [4.78, 5) is 12.6. The number of anilines is 2. The highest BCUT2D eigenvalue weighted by Crippen LogP contribution is 2.35. The summed E-state index contributed by atoms with van der Waals surface area (Å²) < 4.78 is 7.79. The van der Waals surface area contributed by atoms with Crippen LogP contribution < -0.4 is 21.1 Å². The molecule has 1 amide bonds. The fourth-order valence-corrected chi connectivity index (χ4v) is 5.52. The van der Waals surface area contributed by atoms with Crippen LogP contribution in [0.25, 0.3) is 11.3 Å². The molecule has 38 heavy (non-hydrogen) atoms. The number of hydrogen-bond donors (Lipinski definition) is 3. The molecule has 4 aromatic rings. The summed E-state index contributed by atoms with van der Waals surface area (Å²) in [6, 6.07) is 23.9. The van der Waals surface area contributed by atoms with Crippen molar-refractivity contribution in [1.29, 1.82) is 0 Å². The lowest BCUT2D eigenvalue weighted by atomic mass is 9.91. The molecule has 4 N–H and O–H groups in total. The molecular weight excluding hydrogens is 474 g/mol. The molecule has 1 fully saturated rings. The Morgan fingerprint density at radius 3 is 2.53 bits per heavy atom. The van der Waals surface area contributed by atoms with Gasteiger partial charge in [0.25, 0.3) is 5.91 Å². The van der Waals surface area contributed by atoms with Crippen LogP contribution in [0.15, 0.2) is 72.8 Å². The van der Waals surface area contributed by atoms with Crippen molar-refractivity contribution < 1.29 is 9.53 Å². The first kappa shape index (κ1) is 24.2. The standard InChI is InChI=1S/C31H33N5O2/c32-30(37)28-29(23-9-11-26(12-10-23)38-25-4-2-1-3-5-25)35-36-19-16-24-20-22(8-13-27(24)34-31(28)36)7-6-21-14-17-33-18-15-21/h1-5,8-13,20-21,33-34H,6-7,14-19H2,(H2,32,37). The number of aryl methyl sites for hydroxylation is 3. The number of aromatic nitrogens is 2. The number of nitrogens with two attached hydrogens (primary N) is 1. The number of fused-ring (bicyclic) bond motifs is 2. The van der Waals surface area contributed by atoms with E-state index in [1.54, 1.807) is 0 Å². The minimum absolute atomic E-state index is 0.407. The van der Waals surface area contributed by atoms with Gasteiger partial charge in [-0.3, -0.25) is 4.79 Å². The predicted octanol–water partition coefficient (Wildman–Crippen LogP) is 5.67. The Bertz CT molecular complexity index is 1420. The second kappa shape index (κ2) is 10.7. The molecule has 1 aromatic heterocycles. The van der Waals surface area contributed by atoms with Crippen LogP contribution in [0.3, 0.4) is 0 Å². The number of rotatable bonds is 7. The summed E-state index contributed by atoms with van der Waals surface area (Å²) in [6.07, 6.45) is 5.71. The van der Waals surface area contributed by atoms with E-state index in [0.29, 0.717) is 29.4 Å². The van der Waals surface area contributed by atoms with Gasteiger partial charge >= 0.3 is 0 Å². The number of carbonyl (C=O) groups is 1. The van der Waals surface area contributed by atoms with Crippen molar-refractivity contribution in [3.63, 3.8) is 0 Å². The van der Waals surface area contributed by atoms with Gasteiger partial charge in [-0.15, -0.1) is 0 Å². The van der Waals surface area contributed by atoms with Crippen LogP contribution in [-0.2, 0) is 19.4 Å². The molecule has 7 nitrogen and oxygen atoms in total. The molecule has 0 atom stereocenters. The van der Waals surface area contributed by atoms with E-state index in [4.69, 9.17) is 15.6 Å². The predicted molar refractivity (Wildman–Crippen MR) is 150 cm³/mol. The molecule has 3 aromatic carbocycles. The van der Waals surface area contributed by atoms with Gasteiger partial charge in [0.05, 0.1) is 0 Å². The van der Waals surface area contributed by atoms with Gasteiger partial charge in [-0.05, 0) is 105 Å². The van der Waals surface area contributed by atoms with Crippen LogP contribution in [0.5, 0.6) is 11.5 Å². The lowest BCUT2D eigenvalue weighted by molar-refractivity contribution is 0.100. The lowest BCUT2D eigenvalue weighted by Crippen LogP contribution is -2.27. The highest BCUT2D eigenvalue weighted by atomic mass is 16.5. The van der Waals surface area contributed by atoms with E-state index < -0.39 is 5.91 Å². The maximum atomic E-state index is 12.6. The number of carbonyl (C=O) groups excluding carboxylic acids is 1. The molecule has 0 bridgehead atoms. The van der Waals surface area contributed by atoms with Gasteiger partial charge in [-0.2, -0.15) is 5.10 Å². The molecule has 3 heterocycles. The fraction of sp³-hybridized carbons (Fsp3) is 0.290. The van der Waals surface area contributed by atoms with Crippen molar-refractivity contribution in [3.8, 4) is 22.8 Å². The van der Waals surface area contributed by atoms with Crippen molar-refractivity contribution in [2.75, 3.05) is 18.4 Å². The summed E-state index contributed by atoms with van der Waals surface area (Å²) >= 11 is 0. The first-order chi connectivity index (χ1) is 18.6. The fourth-order valence-electron chi connectivity index (χ4n) is 5.52. The SMILES string of the molecule is NC(=O)c1c(-c2ccc(Oc3ccccc3)cc2)nn2c1Nc1ccc(CCC3CCNCC3)cc1CC2. The maximum absolute atomic E-state index is 12.6. The summed E-state index contributed by atoms with van der Waals surface area (Å²) in [7, 11) is 0. The summed E-state index contributed by atoms with van der Waals surface area (Å²) in [5.74, 6) is 2.45. The van der Waals surface area contributed by atoms with Crippen molar-refractivity contribution in [3.05, 3.63) is 89.5 Å². The molecule has 0 spiro atoms. The Morgan fingerprint density at radius 2 is 1.76 bits per heavy atom. The topological polar surface area (TPSA) is 94.2 Å². The van der Waals surface area contributed by atoms with Crippen LogP contribution >= 0.6 is 0 Å². The third kappa shape index (κ3) is 5.15. The molecule has 0 saturated carbocycles. The monoisotopic (exact) mass is 507 g/mol. The van der Waals surface area contributed by atoms with Crippen LogP contribution in [-0.4, -0.2) is 28.8 Å². The second-order valence-corrected chi connectivity index (χ2v) is 10.2. The Morgan fingerprint density at radius 1 is 1.00 bits per heavy atom. The van der Waals surface area contributed by atoms with Gasteiger partial charge in [0.2, 0.25) is 0 Å². The second-order valence-electron chi connectivity index (χ2n) is 10.2. The highest BCUT2D eigenvalue weighted by Gasteiger charge is 2.26. The molecular formula is C31H33N5O2. The van der Waals surface area contributed by atoms with Crippen LogP contribution in [0.2, 0.25) is 0 Å². The van der Waals surface area contributed by atoms with Crippen LogP contribution in [0.4, 0.5) is 11.5 Å². The Kier molecular flexibility index (Phi) is 6.84. The van der Waals surface area contributed by atoms with Gasteiger partial charge in [-0.1, -0.05) is 30.3 Å². The van der Waals surface area contributed by atoms with Gasteiger partial charge in [0, 0.05) is 17.8 Å². The number of amides is 1. The quantitative estimate of drug-likeness (QED) is 0.300. The number of hydrogen-bond acceptors (Lipinski definition) is 5. The largest absolute Gasteiger partial charge is 0.457 e. The van der Waals surface area contributed by atoms with Gasteiger partial charge < -0.3 is 21.1 Å². The number of piperidine rings is 1. The molecule has 6 rings (SSSR count). The average Bonchev–Trinajstić information content (AvgIpc) is 3.22. The third-order valence-corrected chi connectivity index (χ3v) is 7.62. The first-order valence-electron chi connectivity index (χ1n) is 13.5. The van der Waals surface area contributed by atoms with Crippen LogP contribution in [0, 0.1) is 5.92 Å². The van der Waals surface area contributed by atoms with Gasteiger partial charge in [-0.25, -0.2) is 4.68 Å². The molecule has 0 radical (unpaired) electrons. The molecule has 2 aliphatic rings. The number of nitrogens with one attached hydrogen (secondary N) is 2. The Labute approximate surface area is 223 Å². The molecule has 0 unspecified atom stereocenters. The van der Waals surface area contributed by atoms with Crippen LogP contribution in [0.1, 0.15) is 40.7 Å². The zero-order valence-corrected chi connectivity index (χ0v) is 21.5. The zero-order chi connectivity index (χ0) is 25.9. The van der Waals surface area contributed by atoms with E-state index >= 15 is 0 Å². The summed E-state index contributed by atoms with van der Waals surface area (Å²) in [6.45, 7) is 2.95. The van der Waals surface area contributed by atoms with Crippen molar-refractivity contribution >= 4 is 17.4 Å². The Hall–Kier alpha value is -4.10. The number of nitrogens with zero attached hydrogens (tertiary/aromatic N) is 2. The molecule has 0 aliphatic carbocycles. The van der Waals surface area contributed by atoms with E-state index in [1.807, 2.05) is 59.3 Å². The minimum atomic E-state index is -0.500. The van der Waals surface area contributed by atoms with Crippen molar-refractivity contribution in [2.45, 2.75) is 38.6 Å². The van der Waals surface area contributed by atoms with Gasteiger partial charge in [0.15, 0.2) is 0 Å². The molecule has 2 aliphatic heterocycles. The van der Waals surface area contributed by atoms with E-state index in [9.17, 15) is 4.79 Å². The normalized spacial score (nSPS) is 15.2. The van der Waals surface area contributed by atoms with Crippen molar-refractivity contribution in [2.24, 2.45) is 11.7 Å². The number of benzene rings is 3. The molecule has 1 saturated heterocycles. The molecule has 7 heteroatoms. The Balaban J connectivity index is 1.22. The number of ether oxygens (including phenoxy) is 1. The van der Waals surface area contributed by atoms with Crippen molar-refractivity contribution in [1.82, 2.24) is 15.1 Å². The average molecular weight is 508 g/mol. The maximum Gasteiger partial charge on any atom is 0.254 e. The number of primary amides is 1. The zero-order valence-electron chi connectivity index (χ0n) is 21.5. The third-order valence-electron chi connectivity index (χ3n) is 7.62. The highest BCUT2D eigenvalue weighted by molar-refractivity contribution is 6.04.